The van der Waals surface area contributed by atoms with E-state index in [9.17, 15) is 14.9 Å². The van der Waals surface area contributed by atoms with Gasteiger partial charge in [0.2, 0.25) is 0 Å². The molecule has 4 rings (SSSR count). The lowest BCUT2D eigenvalue weighted by atomic mass is 9.98. The molecular formula is C17H19N5O3. The summed E-state index contributed by atoms with van der Waals surface area (Å²) in [6.07, 6.45) is 3.68. The van der Waals surface area contributed by atoms with E-state index in [1.54, 1.807) is 35.4 Å². The fraction of sp³-hybridized carbons (Fsp3) is 0.412. The first kappa shape index (κ1) is 15.8. The first-order chi connectivity index (χ1) is 12.0. The van der Waals surface area contributed by atoms with E-state index in [1.165, 1.54) is 10.7 Å². The quantitative estimate of drug-likeness (QED) is 0.674. The average molecular weight is 341 g/mol. The lowest BCUT2D eigenvalue weighted by Gasteiger charge is -2.17. The molecule has 2 N–H and O–H groups in total. The lowest BCUT2D eigenvalue weighted by Crippen LogP contribution is -2.33. The van der Waals surface area contributed by atoms with Gasteiger partial charge in [0.25, 0.3) is 11.6 Å². The smallest absolute Gasteiger partial charge is 0.294 e. The van der Waals surface area contributed by atoms with Crippen LogP contribution in [0.15, 0.2) is 36.5 Å². The molecule has 8 nitrogen and oxygen atoms in total. The van der Waals surface area contributed by atoms with E-state index in [-0.39, 0.29) is 17.6 Å². The van der Waals surface area contributed by atoms with Crippen LogP contribution in [0, 0.1) is 22.0 Å². The van der Waals surface area contributed by atoms with Gasteiger partial charge in [-0.25, -0.2) is 4.68 Å². The Morgan fingerprint density at radius 1 is 1.24 bits per heavy atom. The SMILES string of the molecule is NC1CCC2CN(C(=O)c3ccn(-c4ccccc4[N+](=O)[O-])n3)CC12. The molecule has 1 aromatic carbocycles. The molecular weight excluding hydrogens is 322 g/mol. The van der Waals surface area contributed by atoms with Gasteiger partial charge < -0.3 is 10.6 Å². The van der Waals surface area contributed by atoms with Crippen molar-refractivity contribution in [1.29, 1.82) is 0 Å². The van der Waals surface area contributed by atoms with Gasteiger partial charge >= 0.3 is 0 Å². The topological polar surface area (TPSA) is 107 Å². The minimum atomic E-state index is -0.457. The number of carbonyl (C=O) groups excluding carboxylic acids is 1. The van der Waals surface area contributed by atoms with Gasteiger partial charge in [-0.3, -0.25) is 14.9 Å². The highest BCUT2D eigenvalue weighted by atomic mass is 16.6. The zero-order valence-corrected chi connectivity index (χ0v) is 13.6. The maximum atomic E-state index is 12.7. The monoisotopic (exact) mass is 341 g/mol. The van der Waals surface area contributed by atoms with Gasteiger partial charge in [0, 0.05) is 31.4 Å². The fourth-order valence-corrected chi connectivity index (χ4v) is 4.02. The third-order valence-electron chi connectivity index (χ3n) is 5.33. The molecule has 2 fully saturated rings. The van der Waals surface area contributed by atoms with Crippen LogP contribution in [0.1, 0.15) is 23.3 Å². The predicted molar refractivity (Wildman–Crippen MR) is 90.3 cm³/mol. The third kappa shape index (κ3) is 2.68. The summed E-state index contributed by atoms with van der Waals surface area (Å²) >= 11 is 0. The van der Waals surface area contributed by atoms with Gasteiger partial charge in [-0.2, -0.15) is 5.10 Å². The minimum absolute atomic E-state index is 0.0497. The molecule has 0 radical (unpaired) electrons. The van der Waals surface area contributed by atoms with Crippen molar-refractivity contribution in [3.8, 4) is 5.69 Å². The molecule has 130 valence electrons. The molecule has 8 heteroatoms. The summed E-state index contributed by atoms with van der Waals surface area (Å²) in [4.78, 5) is 25.2. The molecule has 1 amide bonds. The number of hydrogen-bond acceptors (Lipinski definition) is 5. The second kappa shape index (κ2) is 5.96. The standard InChI is InChI=1S/C17H19N5O3/c18-13-6-5-11-9-20(10-12(11)13)17(23)14-7-8-21(19-14)15-3-1-2-4-16(15)22(24)25/h1-4,7-8,11-13H,5-6,9-10,18H2. The summed E-state index contributed by atoms with van der Waals surface area (Å²) in [6.45, 7) is 1.39. The van der Waals surface area contributed by atoms with Gasteiger partial charge in [0.05, 0.1) is 4.92 Å². The molecule has 2 aromatic rings. The number of amides is 1. The number of nitro benzene ring substituents is 1. The second-order valence-electron chi connectivity index (χ2n) is 6.77. The zero-order valence-electron chi connectivity index (χ0n) is 13.6. The van der Waals surface area contributed by atoms with E-state index in [0.29, 0.717) is 29.8 Å². The van der Waals surface area contributed by atoms with Crippen molar-refractivity contribution in [1.82, 2.24) is 14.7 Å². The Balaban J connectivity index is 1.56. The van der Waals surface area contributed by atoms with Crippen molar-refractivity contribution in [2.24, 2.45) is 17.6 Å². The number of aromatic nitrogens is 2. The number of carbonyl (C=O) groups is 1. The number of hydrogen-bond donors (Lipinski definition) is 1. The van der Waals surface area contributed by atoms with E-state index >= 15 is 0 Å². The Morgan fingerprint density at radius 3 is 2.80 bits per heavy atom. The van der Waals surface area contributed by atoms with Crippen LogP contribution in [-0.4, -0.2) is 44.6 Å². The van der Waals surface area contributed by atoms with Crippen LogP contribution in [-0.2, 0) is 0 Å². The molecule has 0 spiro atoms. The van der Waals surface area contributed by atoms with Gasteiger partial charge in [-0.05, 0) is 36.8 Å². The van der Waals surface area contributed by atoms with Gasteiger partial charge in [-0.1, -0.05) is 12.1 Å². The molecule has 3 atom stereocenters. The normalized spacial score (nSPS) is 25.2. The van der Waals surface area contributed by atoms with Crippen LogP contribution >= 0.6 is 0 Å². The van der Waals surface area contributed by atoms with Crippen LogP contribution in [0.5, 0.6) is 0 Å². The number of nitrogens with two attached hydrogens (primary N) is 1. The highest BCUT2D eigenvalue weighted by Crippen LogP contribution is 2.37. The maximum Gasteiger partial charge on any atom is 0.294 e. The van der Waals surface area contributed by atoms with Gasteiger partial charge in [-0.15, -0.1) is 0 Å². The summed E-state index contributed by atoms with van der Waals surface area (Å²) < 4.78 is 1.38. The summed E-state index contributed by atoms with van der Waals surface area (Å²) in [7, 11) is 0. The molecule has 1 saturated carbocycles. The van der Waals surface area contributed by atoms with E-state index < -0.39 is 4.92 Å². The van der Waals surface area contributed by atoms with Crippen molar-refractivity contribution >= 4 is 11.6 Å². The highest BCUT2D eigenvalue weighted by molar-refractivity contribution is 5.92. The first-order valence-corrected chi connectivity index (χ1v) is 8.39. The Kier molecular flexibility index (Phi) is 3.76. The molecule has 0 bridgehead atoms. The fourth-order valence-electron chi connectivity index (χ4n) is 4.02. The van der Waals surface area contributed by atoms with E-state index in [2.05, 4.69) is 5.10 Å². The van der Waals surface area contributed by atoms with E-state index in [1.807, 2.05) is 0 Å². The molecule has 1 saturated heterocycles. The Labute approximate surface area is 144 Å². The van der Waals surface area contributed by atoms with Crippen molar-refractivity contribution in [3.05, 3.63) is 52.3 Å². The van der Waals surface area contributed by atoms with Crippen molar-refractivity contribution in [2.45, 2.75) is 18.9 Å². The molecule has 1 aromatic heterocycles. The number of fused-ring (bicyclic) bond motifs is 1. The molecule has 1 aliphatic heterocycles. The minimum Gasteiger partial charge on any atom is -0.337 e. The third-order valence-corrected chi connectivity index (χ3v) is 5.33. The number of likely N-dealkylation sites (tertiary alicyclic amines) is 1. The molecule has 3 unspecified atom stereocenters. The average Bonchev–Trinajstić information content (AvgIpc) is 3.32. The predicted octanol–water partition coefficient (Wildman–Crippen LogP) is 1.59. The number of nitro groups is 1. The summed E-state index contributed by atoms with van der Waals surface area (Å²) in [6, 6.07) is 8.11. The highest BCUT2D eigenvalue weighted by Gasteiger charge is 2.42. The molecule has 25 heavy (non-hydrogen) atoms. The van der Waals surface area contributed by atoms with Crippen LogP contribution < -0.4 is 5.73 Å². The van der Waals surface area contributed by atoms with Gasteiger partial charge in [0.15, 0.2) is 5.69 Å². The number of benzene rings is 1. The second-order valence-corrected chi connectivity index (χ2v) is 6.77. The zero-order chi connectivity index (χ0) is 17.6. The van der Waals surface area contributed by atoms with Crippen LogP contribution in [0.25, 0.3) is 5.69 Å². The number of rotatable bonds is 3. The van der Waals surface area contributed by atoms with Gasteiger partial charge in [0.1, 0.15) is 5.69 Å². The Morgan fingerprint density at radius 2 is 2.04 bits per heavy atom. The molecule has 2 aliphatic rings. The van der Waals surface area contributed by atoms with Crippen molar-refractivity contribution in [2.75, 3.05) is 13.1 Å². The molecule has 2 heterocycles. The number of nitrogens with zero attached hydrogens (tertiary/aromatic N) is 4. The summed E-state index contributed by atoms with van der Waals surface area (Å²) in [5.74, 6) is 0.719. The van der Waals surface area contributed by atoms with Crippen molar-refractivity contribution in [3.63, 3.8) is 0 Å². The lowest BCUT2D eigenvalue weighted by molar-refractivity contribution is -0.384. The largest absolute Gasteiger partial charge is 0.337 e. The summed E-state index contributed by atoms with van der Waals surface area (Å²) in [5, 5.41) is 15.4. The van der Waals surface area contributed by atoms with Crippen LogP contribution in [0.4, 0.5) is 5.69 Å². The molecule has 1 aliphatic carbocycles. The number of para-hydroxylation sites is 2. The maximum absolute atomic E-state index is 12.7. The van der Waals surface area contributed by atoms with E-state index in [0.717, 1.165) is 19.4 Å². The van der Waals surface area contributed by atoms with Crippen LogP contribution in [0.3, 0.4) is 0 Å². The van der Waals surface area contributed by atoms with Crippen LogP contribution in [0.2, 0.25) is 0 Å². The first-order valence-electron chi connectivity index (χ1n) is 8.39. The van der Waals surface area contributed by atoms with Crippen molar-refractivity contribution < 1.29 is 9.72 Å². The van der Waals surface area contributed by atoms with E-state index in [4.69, 9.17) is 5.73 Å². The Bertz CT molecular complexity index is 833. The summed E-state index contributed by atoms with van der Waals surface area (Å²) in [5.41, 5.74) is 6.71. The Hall–Kier alpha value is -2.74.